The van der Waals surface area contributed by atoms with Crippen molar-refractivity contribution in [3.05, 3.63) is 15.6 Å². The zero-order valence-electron chi connectivity index (χ0n) is 10.3. The lowest BCUT2D eigenvalue weighted by Crippen LogP contribution is -2.44. The number of rotatable bonds is 2. The van der Waals surface area contributed by atoms with Crippen molar-refractivity contribution in [1.29, 1.82) is 0 Å². The van der Waals surface area contributed by atoms with Crippen LogP contribution in [0.15, 0.2) is 0 Å². The molecule has 16 heavy (non-hydrogen) atoms. The summed E-state index contributed by atoms with van der Waals surface area (Å²) in [5.74, 6) is 1.77. The predicted octanol–water partition coefficient (Wildman–Crippen LogP) is 2.99. The van der Waals surface area contributed by atoms with Crippen molar-refractivity contribution in [2.45, 2.75) is 45.1 Å². The molecule has 2 aliphatic rings. The Kier molecular flexibility index (Phi) is 2.37. The van der Waals surface area contributed by atoms with Gasteiger partial charge in [0.1, 0.15) is 5.01 Å². The van der Waals surface area contributed by atoms with Crippen LogP contribution < -0.4 is 5.32 Å². The van der Waals surface area contributed by atoms with Crippen molar-refractivity contribution >= 4 is 11.3 Å². The maximum absolute atomic E-state index is 4.81. The Morgan fingerprint density at radius 1 is 1.38 bits per heavy atom. The lowest BCUT2D eigenvalue weighted by Gasteiger charge is -2.35. The molecule has 2 aliphatic carbocycles. The number of fused-ring (bicyclic) bond motifs is 2. The van der Waals surface area contributed by atoms with E-state index in [-0.39, 0.29) is 5.54 Å². The molecular weight excluding hydrogens is 216 g/mol. The molecule has 0 aromatic carbocycles. The molecule has 88 valence electrons. The summed E-state index contributed by atoms with van der Waals surface area (Å²) in [5.41, 5.74) is 1.43. The van der Waals surface area contributed by atoms with Gasteiger partial charge in [-0.2, -0.15) is 0 Å². The van der Waals surface area contributed by atoms with E-state index in [0.717, 1.165) is 11.8 Å². The fraction of sp³-hybridized carbons (Fsp3) is 0.769. The molecule has 0 spiro atoms. The average Bonchev–Trinajstić information content (AvgIpc) is 2.94. The highest BCUT2D eigenvalue weighted by Gasteiger charge is 2.52. The third-order valence-electron chi connectivity index (χ3n) is 4.71. The summed E-state index contributed by atoms with van der Waals surface area (Å²) in [6.07, 6.45) is 5.56. The molecule has 3 rings (SSSR count). The van der Waals surface area contributed by atoms with E-state index in [0.29, 0.717) is 0 Å². The predicted molar refractivity (Wildman–Crippen MR) is 67.8 cm³/mol. The first kappa shape index (κ1) is 10.7. The zero-order valence-corrected chi connectivity index (χ0v) is 11.2. The number of nitrogens with zero attached hydrogens (tertiary/aromatic N) is 1. The Morgan fingerprint density at radius 2 is 2.19 bits per heavy atom. The second-order valence-electron chi connectivity index (χ2n) is 5.46. The monoisotopic (exact) mass is 236 g/mol. The molecule has 1 heterocycles. The van der Waals surface area contributed by atoms with Gasteiger partial charge in [-0.1, -0.05) is 6.42 Å². The lowest BCUT2D eigenvalue weighted by atomic mass is 9.81. The molecule has 0 aliphatic heterocycles. The zero-order chi connectivity index (χ0) is 11.3. The van der Waals surface area contributed by atoms with Crippen molar-refractivity contribution in [3.63, 3.8) is 0 Å². The molecule has 2 bridgehead atoms. The standard InChI is InChI=1S/C13H20N2S/c1-8-9(2)16-12(15-8)13(14-3)7-10-4-5-11(13)6-10/h10-11,14H,4-7H2,1-3H3. The van der Waals surface area contributed by atoms with Gasteiger partial charge in [0, 0.05) is 4.88 Å². The largest absolute Gasteiger partial charge is 0.308 e. The maximum atomic E-state index is 4.81. The number of thiazole rings is 1. The van der Waals surface area contributed by atoms with E-state index >= 15 is 0 Å². The van der Waals surface area contributed by atoms with Gasteiger partial charge in [0.2, 0.25) is 0 Å². The Balaban J connectivity index is 2.02. The summed E-state index contributed by atoms with van der Waals surface area (Å²) >= 11 is 1.90. The maximum Gasteiger partial charge on any atom is 0.114 e. The van der Waals surface area contributed by atoms with Crippen LogP contribution in [0.4, 0.5) is 0 Å². The molecule has 1 aromatic rings. The van der Waals surface area contributed by atoms with E-state index in [1.54, 1.807) is 0 Å². The van der Waals surface area contributed by atoms with Gasteiger partial charge in [-0.05, 0) is 52.0 Å². The topological polar surface area (TPSA) is 24.9 Å². The van der Waals surface area contributed by atoms with Crippen LogP contribution in [0.5, 0.6) is 0 Å². The average molecular weight is 236 g/mol. The van der Waals surface area contributed by atoms with Gasteiger partial charge in [-0.25, -0.2) is 4.98 Å². The molecule has 3 heteroatoms. The van der Waals surface area contributed by atoms with E-state index < -0.39 is 0 Å². The number of hydrogen-bond acceptors (Lipinski definition) is 3. The van der Waals surface area contributed by atoms with Gasteiger partial charge in [0.25, 0.3) is 0 Å². The van der Waals surface area contributed by atoms with Gasteiger partial charge in [0.05, 0.1) is 11.2 Å². The van der Waals surface area contributed by atoms with Gasteiger partial charge in [-0.3, -0.25) is 0 Å². The second kappa shape index (κ2) is 3.54. The number of aromatic nitrogens is 1. The van der Waals surface area contributed by atoms with Gasteiger partial charge >= 0.3 is 0 Å². The number of nitrogens with one attached hydrogen (secondary N) is 1. The molecule has 0 saturated heterocycles. The van der Waals surface area contributed by atoms with Crippen LogP contribution in [0.3, 0.4) is 0 Å². The fourth-order valence-electron chi connectivity index (χ4n) is 3.67. The summed E-state index contributed by atoms with van der Waals surface area (Å²) in [6.45, 7) is 4.32. The Labute approximate surface area is 101 Å². The molecule has 2 nitrogen and oxygen atoms in total. The Bertz CT molecular complexity index is 393. The molecule has 2 saturated carbocycles. The highest BCUT2D eigenvalue weighted by Crippen LogP contribution is 2.56. The molecule has 1 N–H and O–H groups in total. The first-order valence-electron chi connectivity index (χ1n) is 6.29. The molecule has 0 amide bonds. The molecule has 3 unspecified atom stereocenters. The van der Waals surface area contributed by atoms with E-state index in [1.165, 1.54) is 41.3 Å². The lowest BCUT2D eigenvalue weighted by molar-refractivity contribution is 0.224. The summed E-state index contributed by atoms with van der Waals surface area (Å²) in [4.78, 5) is 6.19. The fourth-order valence-corrected chi connectivity index (χ4v) is 4.87. The molecule has 1 aromatic heterocycles. The summed E-state index contributed by atoms with van der Waals surface area (Å²) in [5, 5.41) is 4.96. The van der Waals surface area contributed by atoms with E-state index in [1.807, 2.05) is 11.3 Å². The van der Waals surface area contributed by atoms with E-state index in [9.17, 15) is 0 Å². The van der Waals surface area contributed by atoms with Crippen LogP contribution in [0.2, 0.25) is 0 Å². The summed E-state index contributed by atoms with van der Waals surface area (Å²) in [7, 11) is 2.12. The first-order chi connectivity index (χ1) is 7.65. The smallest absolute Gasteiger partial charge is 0.114 e. The van der Waals surface area contributed by atoms with E-state index in [4.69, 9.17) is 4.98 Å². The van der Waals surface area contributed by atoms with Crippen molar-refractivity contribution in [1.82, 2.24) is 10.3 Å². The minimum absolute atomic E-state index is 0.215. The van der Waals surface area contributed by atoms with Crippen molar-refractivity contribution in [3.8, 4) is 0 Å². The van der Waals surface area contributed by atoms with Gasteiger partial charge in [0.15, 0.2) is 0 Å². The third kappa shape index (κ3) is 1.31. The minimum atomic E-state index is 0.215. The van der Waals surface area contributed by atoms with Crippen molar-refractivity contribution in [2.75, 3.05) is 7.05 Å². The minimum Gasteiger partial charge on any atom is -0.308 e. The van der Waals surface area contributed by atoms with Crippen LogP contribution in [0.25, 0.3) is 0 Å². The van der Waals surface area contributed by atoms with Crippen LogP contribution in [-0.2, 0) is 5.54 Å². The van der Waals surface area contributed by atoms with Crippen LogP contribution in [-0.4, -0.2) is 12.0 Å². The summed E-state index contributed by atoms with van der Waals surface area (Å²) < 4.78 is 0. The second-order valence-corrected chi connectivity index (χ2v) is 6.67. The van der Waals surface area contributed by atoms with Crippen LogP contribution in [0.1, 0.15) is 41.3 Å². The van der Waals surface area contributed by atoms with Crippen LogP contribution in [0, 0.1) is 25.7 Å². The Morgan fingerprint density at radius 3 is 2.62 bits per heavy atom. The molecule has 2 fully saturated rings. The number of hydrogen-bond donors (Lipinski definition) is 1. The Hall–Kier alpha value is -0.410. The van der Waals surface area contributed by atoms with Crippen molar-refractivity contribution < 1.29 is 0 Å². The van der Waals surface area contributed by atoms with Gasteiger partial charge < -0.3 is 5.32 Å². The first-order valence-corrected chi connectivity index (χ1v) is 7.11. The third-order valence-corrected chi connectivity index (χ3v) is 5.96. The summed E-state index contributed by atoms with van der Waals surface area (Å²) in [6, 6.07) is 0. The SMILES string of the molecule is CNC1(c2nc(C)c(C)s2)CC2CCC1C2. The quantitative estimate of drug-likeness (QED) is 0.854. The number of aryl methyl sites for hydroxylation is 2. The van der Waals surface area contributed by atoms with E-state index in [2.05, 4.69) is 26.2 Å². The van der Waals surface area contributed by atoms with Gasteiger partial charge in [-0.15, -0.1) is 11.3 Å². The van der Waals surface area contributed by atoms with Crippen LogP contribution >= 0.6 is 11.3 Å². The molecule has 0 radical (unpaired) electrons. The molecular formula is C13H20N2S. The highest BCUT2D eigenvalue weighted by molar-refractivity contribution is 7.11. The van der Waals surface area contributed by atoms with Crippen molar-refractivity contribution in [2.24, 2.45) is 11.8 Å². The normalized spacial score (nSPS) is 37.2. The molecule has 3 atom stereocenters. The highest BCUT2D eigenvalue weighted by atomic mass is 32.1.